The number of carbonyl (C=O) groups excluding carboxylic acids is 1. The minimum atomic E-state index is -0.368. The Labute approximate surface area is 194 Å². The summed E-state index contributed by atoms with van der Waals surface area (Å²) in [6.45, 7) is 2.96. The molecule has 0 radical (unpaired) electrons. The van der Waals surface area contributed by atoms with Crippen molar-refractivity contribution in [3.8, 4) is 17.0 Å². The van der Waals surface area contributed by atoms with Crippen LogP contribution in [0.25, 0.3) is 11.3 Å². The average molecular weight is 453 g/mol. The van der Waals surface area contributed by atoms with Crippen LogP contribution in [0.3, 0.4) is 0 Å². The molecule has 0 aliphatic rings. The molecule has 32 heavy (non-hydrogen) atoms. The van der Waals surface area contributed by atoms with Gasteiger partial charge in [-0.25, -0.2) is 5.43 Å². The molecule has 2 N–H and O–H groups in total. The quantitative estimate of drug-likeness (QED) is 0.194. The summed E-state index contributed by atoms with van der Waals surface area (Å²) in [4.78, 5) is 12.3. The summed E-state index contributed by atoms with van der Waals surface area (Å²) < 4.78 is 5.82. The lowest BCUT2D eigenvalue weighted by molar-refractivity contribution is 0.0950. The first-order chi connectivity index (χ1) is 15.7. The molecule has 0 aliphatic carbocycles. The highest BCUT2D eigenvalue weighted by Crippen LogP contribution is 2.21. The van der Waals surface area contributed by atoms with E-state index in [-0.39, 0.29) is 5.91 Å². The Bertz CT molecular complexity index is 998. The fourth-order valence-electron chi connectivity index (χ4n) is 3.15. The second-order valence-corrected chi connectivity index (χ2v) is 7.99. The van der Waals surface area contributed by atoms with Crippen molar-refractivity contribution in [3.05, 3.63) is 70.9 Å². The minimum Gasteiger partial charge on any atom is -0.494 e. The topological polar surface area (TPSA) is 79.4 Å². The van der Waals surface area contributed by atoms with E-state index in [1.54, 1.807) is 24.4 Å². The van der Waals surface area contributed by atoms with Gasteiger partial charge in [0.2, 0.25) is 0 Å². The number of H-pyrrole nitrogens is 1. The number of unbranched alkanes of at least 4 members (excludes halogenated alkanes) is 5. The number of ether oxygens (including phenoxy) is 1. The van der Waals surface area contributed by atoms with Crippen LogP contribution in [0.5, 0.6) is 5.75 Å². The van der Waals surface area contributed by atoms with Crippen LogP contribution >= 0.6 is 11.6 Å². The number of amides is 1. The van der Waals surface area contributed by atoms with E-state index in [1.807, 2.05) is 36.4 Å². The van der Waals surface area contributed by atoms with Crippen LogP contribution in [0.1, 0.15) is 61.5 Å². The number of carbonyl (C=O) groups is 1. The van der Waals surface area contributed by atoms with Gasteiger partial charge in [-0.15, -0.1) is 0 Å². The normalized spacial score (nSPS) is 11.1. The van der Waals surface area contributed by atoms with Crippen molar-refractivity contribution in [1.29, 1.82) is 0 Å². The Morgan fingerprint density at radius 2 is 1.78 bits per heavy atom. The highest BCUT2D eigenvalue weighted by Gasteiger charge is 2.10. The van der Waals surface area contributed by atoms with Gasteiger partial charge in [0, 0.05) is 10.6 Å². The second-order valence-electron chi connectivity index (χ2n) is 7.56. The number of aromatic amines is 1. The van der Waals surface area contributed by atoms with E-state index in [2.05, 4.69) is 27.6 Å². The molecule has 0 saturated heterocycles. The molecule has 1 amide bonds. The third-order valence-corrected chi connectivity index (χ3v) is 5.24. The summed E-state index contributed by atoms with van der Waals surface area (Å²) in [5.74, 6) is 0.472. The Morgan fingerprint density at radius 1 is 1.06 bits per heavy atom. The van der Waals surface area contributed by atoms with Crippen LogP contribution in [-0.4, -0.2) is 28.9 Å². The van der Waals surface area contributed by atoms with E-state index in [9.17, 15) is 4.79 Å². The van der Waals surface area contributed by atoms with Gasteiger partial charge in [-0.2, -0.15) is 10.2 Å². The lowest BCUT2D eigenvalue weighted by Crippen LogP contribution is -2.17. The number of hydrogen-bond acceptors (Lipinski definition) is 4. The van der Waals surface area contributed by atoms with Gasteiger partial charge < -0.3 is 4.74 Å². The van der Waals surface area contributed by atoms with E-state index in [0.29, 0.717) is 16.4 Å². The molecule has 3 aromatic rings. The summed E-state index contributed by atoms with van der Waals surface area (Å²) in [5.41, 5.74) is 5.23. The van der Waals surface area contributed by atoms with Gasteiger partial charge in [0.15, 0.2) is 0 Å². The number of nitrogens with one attached hydrogen (secondary N) is 2. The Morgan fingerprint density at radius 3 is 2.53 bits per heavy atom. The van der Waals surface area contributed by atoms with Gasteiger partial charge in [0.1, 0.15) is 11.4 Å². The summed E-state index contributed by atoms with van der Waals surface area (Å²) >= 11 is 5.85. The van der Waals surface area contributed by atoms with Gasteiger partial charge >= 0.3 is 0 Å². The van der Waals surface area contributed by atoms with Crippen LogP contribution in [0.4, 0.5) is 0 Å². The van der Waals surface area contributed by atoms with Crippen molar-refractivity contribution < 1.29 is 9.53 Å². The SMILES string of the molecule is CCCCCCCCOc1ccc(-c2cc(C(=O)N/N=C/c3ccc(Cl)cc3)[nH]n2)cc1. The first kappa shape index (κ1) is 23.5. The Kier molecular flexibility index (Phi) is 9.32. The highest BCUT2D eigenvalue weighted by atomic mass is 35.5. The van der Waals surface area contributed by atoms with Gasteiger partial charge in [0.05, 0.1) is 18.5 Å². The molecule has 0 fully saturated rings. The average Bonchev–Trinajstić information content (AvgIpc) is 3.31. The molecular formula is C25H29ClN4O2. The molecule has 0 aliphatic heterocycles. The minimum absolute atomic E-state index is 0.330. The second kappa shape index (κ2) is 12.7. The lowest BCUT2D eigenvalue weighted by Gasteiger charge is -2.06. The molecule has 0 unspecified atom stereocenters. The van der Waals surface area contributed by atoms with Crippen LogP contribution < -0.4 is 10.2 Å². The van der Waals surface area contributed by atoms with E-state index in [1.165, 1.54) is 32.1 Å². The third kappa shape index (κ3) is 7.54. The molecule has 0 spiro atoms. The van der Waals surface area contributed by atoms with Gasteiger partial charge in [-0.05, 0) is 54.4 Å². The zero-order valence-electron chi connectivity index (χ0n) is 18.3. The highest BCUT2D eigenvalue weighted by molar-refractivity contribution is 6.30. The molecule has 1 aromatic heterocycles. The third-order valence-electron chi connectivity index (χ3n) is 4.99. The van der Waals surface area contributed by atoms with Crippen LogP contribution in [0, 0.1) is 0 Å². The number of benzene rings is 2. The Hall–Kier alpha value is -3.12. The molecular weight excluding hydrogens is 424 g/mol. The monoisotopic (exact) mass is 452 g/mol. The lowest BCUT2D eigenvalue weighted by atomic mass is 10.1. The van der Waals surface area contributed by atoms with Crippen molar-refractivity contribution in [1.82, 2.24) is 15.6 Å². The number of hydrazone groups is 1. The van der Waals surface area contributed by atoms with Crippen molar-refractivity contribution in [2.75, 3.05) is 6.61 Å². The maximum Gasteiger partial charge on any atom is 0.289 e. The zero-order valence-corrected chi connectivity index (χ0v) is 19.1. The largest absolute Gasteiger partial charge is 0.494 e. The maximum absolute atomic E-state index is 12.3. The molecule has 3 rings (SSSR count). The van der Waals surface area contributed by atoms with E-state index in [0.717, 1.165) is 29.9 Å². The summed E-state index contributed by atoms with van der Waals surface area (Å²) in [6, 6.07) is 16.6. The van der Waals surface area contributed by atoms with Crippen molar-refractivity contribution in [3.63, 3.8) is 0 Å². The molecule has 0 bridgehead atoms. The van der Waals surface area contributed by atoms with Crippen LogP contribution in [0.2, 0.25) is 5.02 Å². The number of nitrogens with zero attached hydrogens (tertiary/aromatic N) is 2. The molecule has 0 atom stereocenters. The van der Waals surface area contributed by atoms with Gasteiger partial charge in [0.25, 0.3) is 5.91 Å². The molecule has 6 nitrogen and oxygen atoms in total. The van der Waals surface area contributed by atoms with Crippen molar-refractivity contribution >= 4 is 23.7 Å². The van der Waals surface area contributed by atoms with E-state index in [4.69, 9.17) is 16.3 Å². The van der Waals surface area contributed by atoms with Crippen LogP contribution in [-0.2, 0) is 0 Å². The molecule has 168 valence electrons. The molecule has 1 heterocycles. The number of halogens is 1. The summed E-state index contributed by atoms with van der Waals surface area (Å²) in [7, 11) is 0. The number of aromatic nitrogens is 2. The predicted molar refractivity (Wildman–Crippen MR) is 129 cm³/mol. The maximum atomic E-state index is 12.3. The standard InChI is InChI=1S/C25H29ClN4O2/c1-2-3-4-5-6-7-16-32-22-14-10-20(11-15-22)23-17-24(29-28-23)25(31)30-27-18-19-8-12-21(26)13-9-19/h8-15,17-18H,2-7,16H2,1H3,(H,28,29)(H,30,31)/b27-18+. The number of rotatable bonds is 12. The van der Waals surface area contributed by atoms with E-state index >= 15 is 0 Å². The predicted octanol–water partition coefficient (Wildman–Crippen LogP) is 6.23. The first-order valence-electron chi connectivity index (χ1n) is 11.0. The number of hydrogen-bond donors (Lipinski definition) is 2. The Balaban J connectivity index is 1.46. The smallest absolute Gasteiger partial charge is 0.289 e. The molecule has 7 heteroatoms. The van der Waals surface area contributed by atoms with E-state index < -0.39 is 0 Å². The molecule has 2 aromatic carbocycles. The fourth-order valence-corrected chi connectivity index (χ4v) is 3.28. The van der Waals surface area contributed by atoms with Gasteiger partial charge in [-0.3, -0.25) is 9.89 Å². The van der Waals surface area contributed by atoms with Gasteiger partial charge in [-0.1, -0.05) is 62.8 Å². The van der Waals surface area contributed by atoms with Crippen molar-refractivity contribution in [2.24, 2.45) is 5.10 Å². The zero-order chi connectivity index (χ0) is 22.6. The first-order valence-corrected chi connectivity index (χ1v) is 11.4. The van der Waals surface area contributed by atoms with Crippen LogP contribution in [0.15, 0.2) is 59.7 Å². The summed E-state index contributed by atoms with van der Waals surface area (Å²) in [6.07, 6.45) is 9.00. The summed E-state index contributed by atoms with van der Waals surface area (Å²) in [5, 5.41) is 11.6. The molecule has 0 saturated carbocycles. The van der Waals surface area contributed by atoms with Crippen molar-refractivity contribution in [2.45, 2.75) is 45.4 Å². The fraction of sp³-hybridized carbons (Fsp3) is 0.320.